The van der Waals surface area contributed by atoms with Gasteiger partial charge in [-0.25, -0.2) is 14.5 Å². The molecule has 0 aliphatic rings. The van der Waals surface area contributed by atoms with Crippen LogP contribution in [0.2, 0.25) is 5.15 Å². The van der Waals surface area contributed by atoms with E-state index in [1.807, 2.05) is 4.72 Å². The number of halogens is 1. The van der Waals surface area contributed by atoms with Gasteiger partial charge in [0.2, 0.25) is 22.7 Å². The van der Waals surface area contributed by atoms with Crippen molar-refractivity contribution in [3.8, 4) is 5.88 Å². The molecule has 2 aromatic rings. The third-order valence-corrected chi connectivity index (χ3v) is 3.56. The van der Waals surface area contributed by atoms with Crippen LogP contribution in [0.4, 0.5) is 5.95 Å². The largest absolute Gasteiger partial charge is 0.481 e. The zero-order valence-corrected chi connectivity index (χ0v) is 12.0. The fourth-order valence-corrected chi connectivity index (χ4v) is 2.35. The quantitative estimate of drug-likeness (QED) is 0.781. The van der Waals surface area contributed by atoms with E-state index in [1.165, 1.54) is 13.2 Å². The van der Waals surface area contributed by atoms with Crippen LogP contribution in [0.25, 0.3) is 0 Å². The van der Waals surface area contributed by atoms with E-state index < -0.39 is 26.8 Å². The molecular formula is C10H8ClN3O6S. The fraction of sp³-hybridized carbons (Fsp3) is 0.100. The Morgan fingerprint density at radius 2 is 2.14 bits per heavy atom. The Hall–Kier alpha value is -2.33. The van der Waals surface area contributed by atoms with Crippen LogP contribution in [0.3, 0.4) is 0 Å². The summed E-state index contributed by atoms with van der Waals surface area (Å²) in [4.78, 5) is 18.1. The second-order valence-electron chi connectivity index (χ2n) is 3.59. The Balaban J connectivity index is 2.32. The van der Waals surface area contributed by atoms with Crippen molar-refractivity contribution in [1.29, 1.82) is 0 Å². The van der Waals surface area contributed by atoms with Gasteiger partial charge in [0.15, 0.2) is 0 Å². The molecule has 9 nitrogen and oxygen atoms in total. The van der Waals surface area contributed by atoms with Crippen LogP contribution >= 0.6 is 11.6 Å². The molecule has 2 aromatic heterocycles. The lowest BCUT2D eigenvalue weighted by Gasteiger charge is -2.06. The number of anilines is 1. The number of hydrogen-bond donors (Lipinski definition) is 2. The molecule has 0 aromatic carbocycles. The summed E-state index contributed by atoms with van der Waals surface area (Å²) in [6.07, 6.45) is 0. The van der Waals surface area contributed by atoms with E-state index >= 15 is 0 Å². The Labute approximate surface area is 123 Å². The molecule has 0 unspecified atom stereocenters. The number of furan rings is 1. The van der Waals surface area contributed by atoms with Gasteiger partial charge in [-0.15, -0.1) is 0 Å². The molecule has 0 fully saturated rings. The standard InChI is InChI=1S/C10H8ClN3O6S/c1-19-7-4-6(11)12-10(13-7)14-21(17,18)8-3-2-5(20-8)9(15)16/h2-4H,1H3,(H,15,16)(H,12,13,14). The molecule has 0 aliphatic heterocycles. The van der Waals surface area contributed by atoms with Crippen molar-refractivity contribution < 1.29 is 27.5 Å². The van der Waals surface area contributed by atoms with Crippen molar-refractivity contribution in [3.05, 3.63) is 29.1 Å². The summed E-state index contributed by atoms with van der Waals surface area (Å²) in [6.45, 7) is 0. The minimum absolute atomic E-state index is 0.0368. The van der Waals surface area contributed by atoms with Gasteiger partial charge in [-0.3, -0.25) is 0 Å². The summed E-state index contributed by atoms with van der Waals surface area (Å²) in [6, 6.07) is 3.29. The van der Waals surface area contributed by atoms with Gasteiger partial charge in [0.05, 0.1) is 7.11 Å². The Morgan fingerprint density at radius 1 is 1.43 bits per heavy atom. The van der Waals surface area contributed by atoms with Crippen LogP contribution in [0.15, 0.2) is 27.7 Å². The van der Waals surface area contributed by atoms with Gasteiger partial charge in [0.25, 0.3) is 10.0 Å². The predicted molar refractivity (Wildman–Crippen MR) is 70.1 cm³/mol. The minimum atomic E-state index is -4.19. The van der Waals surface area contributed by atoms with Crippen molar-refractivity contribution in [3.63, 3.8) is 0 Å². The molecule has 0 saturated carbocycles. The van der Waals surface area contributed by atoms with Crippen molar-refractivity contribution in [1.82, 2.24) is 9.97 Å². The molecule has 0 amide bonds. The highest BCUT2D eigenvalue weighted by atomic mass is 35.5. The molecule has 0 radical (unpaired) electrons. The van der Waals surface area contributed by atoms with Gasteiger partial charge in [0, 0.05) is 6.07 Å². The highest BCUT2D eigenvalue weighted by Crippen LogP contribution is 2.20. The number of aromatic carboxylic acids is 1. The van der Waals surface area contributed by atoms with Gasteiger partial charge < -0.3 is 14.3 Å². The third-order valence-electron chi connectivity index (χ3n) is 2.16. The van der Waals surface area contributed by atoms with Crippen LogP contribution in [0, 0.1) is 0 Å². The molecule has 2 rings (SSSR count). The van der Waals surface area contributed by atoms with Gasteiger partial charge in [-0.2, -0.15) is 13.4 Å². The van der Waals surface area contributed by atoms with E-state index in [1.54, 1.807) is 0 Å². The third kappa shape index (κ3) is 3.41. The summed E-state index contributed by atoms with van der Waals surface area (Å²) in [5.41, 5.74) is 0. The SMILES string of the molecule is COc1cc(Cl)nc(NS(=O)(=O)c2ccc(C(=O)O)o2)n1. The van der Waals surface area contributed by atoms with E-state index in [0.29, 0.717) is 0 Å². The summed E-state index contributed by atoms with van der Waals surface area (Å²) in [7, 11) is -2.86. The van der Waals surface area contributed by atoms with Crippen LogP contribution in [-0.4, -0.2) is 36.6 Å². The second-order valence-corrected chi connectivity index (χ2v) is 5.59. The summed E-state index contributed by atoms with van der Waals surface area (Å²) < 4.78 is 35.5. The summed E-state index contributed by atoms with van der Waals surface area (Å²) in [5.74, 6) is -2.19. The molecule has 2 N–H and O–H groups in total. The van der Waals surface area contributed by atoms with Crippen LogP contribution in [0.5, 0.6) is 5.88 Å². The number of carboxylic acid groups (broad SMARTS) is 1. The van der Waals surface area contributed by atoms with Crippen molar-refractivity contribution in [2.24, 2.45) is 0 Å². The Morgan fingerprint density at radius 3 is 2.71 bits per heavy atom. The highest BCUT2D eigenvalue weighted by Gasteiger charge is 2.22. The zero-order valence-electron chi connectivity index (χ0n) is 10.4. The Bertz CT molecular complexity index is 788. The molecule has 0 atom stereocenters. The average Bonchev–Trinajstić information content (AvgIpc) is 2.87. The number of ether oxygens (including phenoxy) is 1. The van der Waals surface area contributed by atoms with Crippen LogP contribution in [0.1, 0.15) is 10.6 Å². The number of aromatic nitrogens is 2. The molecular weight excluding hydrogens is 326 g/mol. The number of carbonyl (C=O) groups is 1. The van der Waals surface area contributed by atoms with E-state index in [4.69, 9.17) is 25.9 Å². The van der Waals surface area contributed by atoms with Crippen molar-refractivity contribution in [2.75, 3.05) is 11.8 Å². The minimum Gasteiger partial charge on any atom is -0.481 e. The van der Waals surface area contributed by atoms with Crippen LogP contribution < -0.4 is 9.46 Å². The van der Waals surface area contributed by atoms with Gasteiger partial charge in [-0.1, -0.05) is 11.6 Å². The smallest absolute Gasteiger partial charge is 0.371 e. The number of sulfonamides is 1. The molecule has 11 heteroatoms. The maximum absolute atomic E-state index is 12.0. The first-order valence-corrected chi connectivity index (χ1v) is 7.12. The number of nitrogens with one attached hydrogen (secondary N) is 1. The molecule has 0 aliphatic carbocycles. The number of methoxy groups -OCH3 is 1. The van der Waals surface area contributed by atoms with Gasteiger partial charge in [-0.05, 0) is 12.1 Å². The number of hydrogen-bond acceptors (Lipinski definition) is 7. The van der Waals surface area contributed by atoms with E-state index in [2.05, 4.69) is 9.97 Å². The number of rotatable bonds is 5. The molecule has 0 saturated heterocycles. The first kappa shape index (κ1) is 15.1. The van der Waals surface area contributed by atoms with E-state index in [-0.39, 0.29) is 17.0 Å². The number of nitrogens with zero attached hydrogens (tertiary/aromatic N) is 2. The first-order valence-electron chi connectivity index (χ1n) is 5.26. The number of carboxylic acids is 1. The second kappa shape index (κ2) is 5.58. The molecule has 0 bridgehead atoms. The van der Waals surface area contributed by atoms with E-state index in [0.717, 1.165) is 12.1 Å². The summed E-state index contributed by atoms with van der Waals surface area (Å²) in [5, 5.41) is 8.06. The van der Waals surface area contributed by atoms with E-state index in [9.17, 15) is 13.2 Å². The Kier molecular flexibility index (Phi) is 4.00. The first-order chi connectivity index (χ1) is 9.81. The lowest BCUT2D eigenvalue weighted by atomic mass is 10.5. The van der Waals surface area contributed by atoms with Crippen molar-refractivity contribution in [2.45, 2.75) is 5.09 Å². The fourth-order valence-electron chi connectivity index (χ4n) is 1.30. The van der Waals surface area contributed by atoms with Gasteiger partial charge in [0.1, 0.15) is 5.15 Å². The molecule has 112 valence electrons. The zero-order chi connectivity index (χ0) is 15.6. The molecule has 0 spiro atoms. The van der Waals surface area contributed by atoms with Gasteiger partial charge >= 0.3 is 5.97 Å². The lowest BCUT2D eigenvalue weighted by molar-refractivity contribution is 0.0656. The highest BCUT2D eigenvalue weighted by molar-refractivity contribution is 7.92. The molecule has 21 heavy (non-hydrogen) atoms. The summed E-state index contributed by atoms with van der Waals surface area (Å²) >= 11 is 5.68. The van der Waals surface area contributed by atoms with Crippen LogP contribution in [-0.2, 0) is 10.0 Å². The topological polar surface area (TPSA) is 132 Å². The molecule has 2 heterocycles. The maximum Gasteiger partial charge on any atom is 0.371 e. The monoisotopic (exact) mass is 333 g/mol. The predicted octanol–water partition coefficient (Wildman–Crippen LogP) is 1.23. The average molecular weight is 334 g/mol. The maximum atomic E-state index is 12.0. The van der Waals surface area contributed by atoms with Crippen molar-refractivity contribution >= 4 is 33.5 Å². The normalized spacial score (nSPS) is 11.1. The lowest BCUT2D eigenvalue weighted by Crippen LogP contribution is -2.14.